The first kappa shape index (κ1) is 24.0. The molecule has 0 radical (unpaired) electrons. The smallest absolute Gasteiger partial charge is 0.256 e. The highest BCUT2D eigenvalue weighted by Gasteiger charge is 2.54. The van der Waals surface area contributed by atoms with Gasteiger partial charge < -0.3 is 24.4 Å². The number of nitrogens with one attached hydrogen (secondary N) is 1. The molecule has 2 saturated heterocycles. The van der Waals surface area contributed by atoms with Gasteiger partial charge in [-0.05, 0) is 24.3 Å². The lowest BCUT2D eigenvalue weighted by Crippen LogP contribution is -2.60. The maximum atomic E-state index is 13.6. The third-order valence-electron chi connectivity index (χ3n) is 6.07. The molecule has 1 unspecified atom stereocenters. The van der Waals surface area contributed by atoms with E-state index >= 15 is 0 Å². The Kier molecular flexibility index (Phi) is 7.73. The summed E-state index contributed by atoms with van der Waals surface area (Å²) in [5, 5.41) is 2.82. The molecule has 176 valence electrons. The molecule has 3 rings (SSSR count). The topological polar surface area (TPSA) is 97.4 Å². The molecule has 2 aliphatic heterocycles. The first-order valence-corrected chi connectivity index (χ1v) is 11.0. The Morgan fingerprint density at radius 3 is 2.38 bits per heavy atom. The zero-order valence-corrected chi connectivity index (χ0v) is 19.3. The number of methoxy groups -OCH3 is 2. The van der Waals surface area contributed by atoms with Crippen LogP contribution in [0.25, 0.3) is 0 Å². The zero-order valence-electron chi connectivity index (χ0n) is 19.3. The Labute approximate surface area is 189 Å². The number of rotatable bonds is 7. The van der Waals surface area contributed by atoms with E-state index in [1.54, 1.807) is 48.3 Å². The van der Waals surface area contributed by atoms with Gasteiger partial charge in [-0.3, -0.25) is 19.3 Å². The zero-order chi connectivity index (χ0) is 23.3. The van der Waals surface area contributed by atoms with Gasteiger partial charge in [-0.25, -0.2) is 0 Å². The van der Waals surface area contributed by atoms with Crippen LogP contribution < -0.4 is 10.1 Å². The van der Waals surface area contributed by atoms with Gasteiger partial charge in [0, 0.05) is 51.1 Å². The summed E-state index contributed by atoms with van der Waals surface area (Å²) in [5.74, 6) is 0.0788. The SMILES string of the molecule is COCCNC(=O)C1COC2(CCN(C(=O)C(C)C)CC2)N1C(=O)c1ccc(OC)cc1. The largest absolute Gasteiger partial charge is 0.497 e. The molecule has 0 bridgehead atoms. The van der Waals surface area contributed by atoms with Crippen molar-refractivity contribution in [1.29, 1.82) is 0 Å². The molecule has 2 heterocycles. The summed E-state index contributed by atoms with van der Waals surface area (Å²) in [5.41, 5.74) is -0.473. The first-order valence-electron chi connectivity index (χ1n) is 11.0. The lowest BCUT2D eigenvalue weighted by Gasteiger charge is -2.44. The van der Waals surface area contributed by atoms with Crippen molar-refractivity contribution in [2.24, 2.45) is 5.92 Å². The fourth-order valence-corrected chi connectivity index (χ4v) is 4.28. The van der Waals surface area contributed by atoms with Gasteiger partial charge in [0.1, 0.15) is 17.5 Å². The summed E-state index contributed by atoms with van der Waals surface area (Å²) >= 11 is 0. The second-order valence-electron chi connectivity index (χ2n) is 8.44. The highest BCUT2D eigenvalue weighted by atomic mass is 16.5. The second kappa shape index (κ2) is 10.3. The van der Waals surface area contributed by atoms with Crippen LogP contribution in [0.5, 0.6) is 5.75 Å². The number of ether oxygens (including phenoxy) is 3. The van der Waals surface area contributed by atoms with E-state index in [1.165, 1.54) is 0 Å². The van der Waals surface area contributed by atoms with Crippen molar-refractivity contribution in [3.8, 4) is 5.75 Å². The van der Waals surface area contributed by atoms with Gasteiger partial charge in [0.05, 0.1) is 20.3 Å². The molecule has 1 atom stereocenters. The quantitative estimate of drug-likeness (QED) is 0.633. The molecule has 0 saturated carbocycles. The molecule has 9 heteroatoms. The second-order valence-corrected chi connectivity index (χ2v) is 8.44. The van der Waals surface area contributed by atoms with Gasteiger partial charge in [-0.2, -0.15) is 0 Å². The summed E-state index contributed by atoms with van der Waals surface area (Å²) in [6.07, 6.45) is 0.907. The number of nitrogens with zero attached hydrogens (tertiary/aromatic N) is 2. The minimum absolute atomic E-state index is 0.0831. The van der Waals surface area contributed by atoms with E-state index < -0.39 is 11.8 Å². The number of likely N-dealkylation sites (tertiary alicyclic amines) is 1. The average Bonchev–Trinajstić information content (AvgIpc) is 3.17. The van der Waals surface area contributed by atoms with Crippen LogP contribution in [0.2, 0.25) is 0 Å². The van der Waals surface area contributed by atoms with Gasteiger partial charge in [-0.15, -0.1) is 0 Å². The predicted octanol–water partition coefficient (Wildman–Crippen LogP) is 1.27. The van der Waals surface area contributed by atoms with E-state index in [2.05, 4.69) is 5.32 Å². The van der Waals surface area contributed by atoms with Crippen LogP contribution in [-0.4, -0.2) is 86.4 Å². The third kappa shape index (κ3) is 4.88. The summed E-state index contributed by atoms with van der Waals surface area (Å²) in [6.45, 7) is 5.53. The number of hydrogen-bond acceptors (Lipinski definition) is 6. The molecule has 1 aromatic rings. The maximum absolute atomic E-state index is 13.6. The lowest BCUT2D eigenvalue weighted by molar-refractivity contribution is -0.146. The molecule has 1 N–H and O–H groups in total. The van der Waals surface area contributed by atoms with Crippen LogP contribution in [0, 0.1) is 5.92 Å². The number of hydrogen-bond donors (Lipinski definition) is 1. The maximum Gasteiger partial charge on any atom is 0.256 e. The summed E-state index contributed by atoms with van der Waals surface area (Å²) in [7, 11) is 3.12. The van der Waals surface area contributed by atoms with Crippen molar-refractivity contribution < 1.29 is 28.6 Å². The molecule has 1 spiro atoms. The fourth-order valence-electron chi connectivity index (χ4n) is 4.28. The number of benzene rings is 1. The molecule has 3 amide bonds. The number of piperidine rings is 1. The number of carbonyl (C=O) groups excluding carboxylic acids is 3. The van der Waals surface area contributed by atoms with Crippen molar-refractivity contribution in [3.05, 3.63) is 29.8 Å². The Morgan fingerprint density at radius 1 is 1.16 bits per heavy atom. The first-order chi connectivity index (χ1) is 15.3. The van der Waals surface area contributed by atoms with Gasteiger partial charge in [0.2, 0.25) is 11.8 Å². The minimum atomic E-state index is -0.923. The molecule has 32 heavy (non-hydrogen) atoms. The molecule has 2 aliphatic rings. The lowest BCUT2D eigenvalue weighted by atomic mass is 9.95. The van der Waals surface area contributed by atoms with Gasteiger partial charge in [-0.1, -0.05) is 13.8 Å². The van der Waals surface area contributed by atoms with Crippen molar-refractivity contribution in [1.82, 2.24) is 15.1 Å². The Hall–Kier alpha value is -2.65. The van der Waals surface area contributed by atoms with Crippen LogP contribution in [0.1, 0.15) is 37.0 Å². The monoisotopic (exact) mass is 447 g/mol. The van der Waals surface area contributed by atoms with E-state index in [0.29, 0.717) is 50.4 Å². The van der Waals surface area contributed by atoms with E-state index in [-0.39, 0.29) is 30.2 Å². The van der Waals surface area contributed by atoms with E-state index in [1.807, 2.05) is 13.8 Å². The summed E-state index contributed by atoms with van der Waals surface area (Å²) in [4.78, 5) is 42.4. The van der Waals surface area contributed by atoms with Crippen LogP contribution in [0.15, 0.2) is 24.3 Å². The van der Waals surface area contributed by atoms with Crippen molar-refractivity contribution in [2.75, 3.05) is 47.1 Å². The highest BCUT2D eigenvalue weighted by molar-refractivity contribution is 5.98. The van der Waals surface area contributed by atoms with Gasteiger partial charge >= 0.3 is 0 Å². The summed E-state index contributed by atoms with van der Waals surface area (Å²) in [6, 6.07) is 6.05. The minimum Gasteiger partial charge on any atom is -0.497 e. The van der Waals surface area contributed by atoms with Crippen molar-refractivity contribution in [2.45, 2.75) is 38.5 Å². The standard InChI is InChI=1S/C23H33N3O6/c1-16(2)21(28)25-12-9-23(10-13-25)26(19(15-32-23)20(27)24-11-14-30-3)22(29)17-5-7-18(31-4)8-6-17/h5-8,16,19H,9-15H2,1-4H3,(H,24,27). The van der Waals surface area contributed by atoms with Crippen LogP contribution in [0.4, 0.5) is 0 Å². The van der Waals surface area contributed by atoms with Crippen LogP contribution in [0.3, 0.4) is 0 Å². The highest BCUT2D eigenvalue weighted by Crippen LogP contribution is 2.39. The van der Waals surface area contributed by atoms with E-state index in [4.69, 9.17) is 14.2 Å². The number of carbonyl (C=O) groups is 3. The molecule has 0 aromatic heterocycles. The van der Waals surface area contributed by atoms with Gasteiger partial charge in [0.15, 0.2) is 0 Å². The Balaban J connectivity index is 1.84. The average molecular weight is 448 g/mol. The normalized spacial score (nSPS) is 20.0. The Morgan fingerprint density at radius 2 is 1.81 bits per heavy atom. The molecule has 2 fully saturated rings. The third-order valence-corrected chi connectivity index (χ3v) is 6.07. The molecule has 1 aromatic carbocycles. The van der Waals surface area contributed by atoms with Crippen molar-refractivity contribution in [3.63, 3.8) is 0 Å². The van der Waals surface area contributed by atoms with Crippen LogP contribution >= 0.6 is 0 Å². The van der Waals surface area contributed by atoms with Gasteiger partial charge in [0.25, 0.3) is 5.91 Å². The van der Waals surface area contributed by atoms with Crippen molar-refractivity contribution >= 4 is 17.7 Å². The van der Waals surface area contributed by atoms with E-state index in [9.17, 15) is 14.4 Å². The molecule has 9 nitrogen and oxygen atoms in total. The number of amides is 3. The van der Waals surface area contributed by atoms with E-state index in [0.717, 1.165) is 0 Å². The summed E-state index contributed by atoms with van der Waals surface area (Å²) < 4.78 is 16.4. The Bertz CT molecular complexity index is 818. The molecular weight excluding hydrogens is 414 g/mol. The van der Waals surface area contributed by atoms with Crippen LogP contribution in [-0.2, 0) is 19.1 Å². The predicted molar refractivity (Wildman–Crippen MR) is 117 cm³/mol. The molecule has 0 aliphatic carbocycles. The molecular formula is C23H33N3O6. The fraction of sp³-hybridized carbons (Fsp3) is 0.609.